The average molecular weight is 320 g/mol. The smallest absolute Gasteiger partial charge is 0.257 e. The van der Waals surface area contributed by atoms with Gasteiger partial charge in [-0.2, -0.15) is 9.67 Å². The quantitative estimate of drug-likeness (QED) is 0.751. The van der Waals surface area contributed by atoms with Gasteiger partial charge in [0.1, 0.15) is 0 Å². The summed E-state index contributed by atoms with van der Waals surface area (Å²) in [6, 6.07) is 11.4. The number of pyridine rings is 1. The Bertz CT molecular complexity index is 889. The van der Waals surface area contributed by atoms with Crippen LogP contribution >= 0.6 is 0 Å². The number of nitrogen functional groups attached to an aromatic ring is 1. The van der Waals surface area contributed by atoms with Crippen molar-refractivity contribution in [1.82, 2.24) is 19.7 Å². The minimum absolute atomic E-state index is 0.0998. The van der Waals surface area contributed by atoms with Gasteiger partial charge in [-0.05, 0) is 30.2 Å². The van der Waals surface area contributed by atoms with Crippen molar-refractivity contribution in [2.24, 2.45) is 0 Å². The van der Waals surface area contributed by atoms with E-state index in [9.17, 15) is 4.79 Å². The summed E-state index contributed by atoms with van der Waals surface area (Å²) in [5.74, 6) is 0.0827. The predicted octanol–water partition coefficient (Wildman–Crippen LogP) is 2.16. The molecule has 0 amide bonds. The third-order valence-corrected chi connectivity index (χ3v) is 4.16. The highest BCUT2D eigenvalue weighted by atomic mass is 16.2. The predicted molar refractivity (Wildman–Crippen MR) is 90.6 cm³/mol. The van der Waals surface area contributed by atoms with Crippen LogP contribution in [0.2, 0.25) is 0 Å². The molecule has 0 saturated carbocycles. The minimum Gasteiger partial charge on any atom is -0.385 e. The van der Waals surface area contributed by atoms with Crippen LogP contribution in [0.15, 0.2) is 48.8 Å². The second-order valence-corrected chi connectivity index (χ2v) is 5.63. The number of carbonyl (C=O) groups excluding carboxylic acids is 1. The second-order valence-electron chi connectivity index (χ2n) is 5.63. The van der Waals surface area contributed by atoms with Crippen LogP contribution in [0.3, 0.4) is 0 Å². The van der Waals surface area contributed by atoms with Gasteiger partial charge in [-0.3, -0.25) is 9.78 Å². The summed E-state index contributed by atoms with van der Waals surface area (Å²) in [4.78, 5) is 21.2. The zero-order valence-electron chi connectivity index (χ0n) is 12.9. The number of fused-ring (bicyclic) bond motifs is 1. The molecule has 7 heteroatoms. The number of hydrogen-bond donors (Lipinski definition) is 2. The van der Waals surface area contributed by atoms with Crippen LogP contribution in [-0.2, 0) is 0 Å². The van der Waals surface area contributed by atoms with Crippen LogP contribution in [-0.4, -0.2) is 32.2 Å². The van der Waals surface area contributed by atoms with Crippen molar-refractivity contribution < 1.29 is 4.79 Å². The lowest BCUT2D eigenvalue weighted by molar-refractivity contribution is 0.0859. The molecule has 1 atom stereocenters. The molecule has 1 aromatic carbocycles. The molecule has 3 N–H and O–H groups in total. The van der Waals surface area contributed by atoms with E-state index in [4.69, 9.17) is 5.73 Å². The van der Waals surface area contributed by atoms with E-state index >= 15 is 0 Å². The first-order chi connectivity index (χ1) is 11.7. The van der Waals surface area contributed by atoms with Crippen LogP contribution in [0.1, 0.15) is 22.7 Å². The number of hydrogen-bond acceptors (Lipinski definition) is 6. The van der Waals surface area contributed by atoms with Gasteiger partial charge < -0.3 is 11.1 Å². The normalized spacial score (nSPS) is 16.2. The zero-order valence-corrected chi connectivity index (χ0v) is 12.9. The maximum absolute atomic E-state index is 13.0. The molecule has 120 valence electrons. The maximum Gasteiger partial charge on any atom is 0.257 e. The molecule has 1 unspecified atom stereocenters. The zero-order chi connectivity index (χ0) is 16.5. The van der Waals surface area contributed by atoms with Crippen molar-refractivity contribution in [3.63, 3.8) is 0 Å². The molecule has 1 aliphatic heterocycles. The molecule has 3 aromatic rings. The second kappa shape index (κ2) is 5.77. The third-order valence-electron chi connectivity index (χ3n) is 4.16. The lowest BCUT2D eigenvalue weighted by Crippen LogP contribution is -2.28. The van der Waals surface area contributed by atoms with E-state index in [1.165, 1.54) is 4.68 Å². The molecule has 0 spiro atoms. The lowest BCUT2D eigenvalue weighted by atomic mass is 9.90. The molecule has 0 fully saturated rings. The molecule has 4 rings (SSSR count). The fourth-order valence-corrected chi connectivity index (χ4v) is 2.98. The molecule has 0 saturated heterocycles. The van der Waals surface area contributed by atoms with Crippen LogP contribution in [0.25, 0.3) is 11.4 Å². The molecular formula is C17H16N6O. The number of carbonyl (C=O) groups is 1. The summed E-state index contributed by atoms with van der Waals surface area (Å²) < 4.78 is 1.21. The first-order valence-electron chi connectivity index (χ1n) is 7.74. The van der Waals surface area contributed by atoms with Crippen molar-refractivity contribution in [3.8, 4) is 11.4 Å². The van der Waals surface area contributed by atoms with Crippen molar-refractivity contribution in [1.29, 1.82) is 0 Å². The van der Waals surface area contributed by atoms with E-state index in [-0.39, 0.29) is 17.8 Å². The Hall–Kier alpha value is -3.22. The fraction of sp³-hybridized carbons (Fsp3) is 0.176. The van der Waals surface area contributed by atoms with E-state index in [1.54, 1.807) is 24.5 Å². The number of nitrogens with two attached hydrogens (primary N) is 1. The molecule has 0 bridgehead atoms. The Labute approximate surface area is 138 Å². The molecule has 24 heavy (non-hydrogen) atoms. The van der Waals surface area contributed by atoms with E-state index in [1.807, 2.05) is 24.3 Å². The standard InChI is InChI=1S/C17H16N6O/c18-17-21-15(11-5-8-19-9-6-11)22-23(17)16(24)13-7-10-20-14-4-2-1-3-12(13)14/h1-6,8-9,13,20H,7,10H2,(H2,18,21,22). The van der Waals surface area contributed by atoms with E-state index < -0.39 is 0 Å². The van der Waals surface area contributed by atoms with E-state index in [2.05, 4.69) is 20.4 Å². The number of aromatic nitrogens is 4. The van der Waals surface area contributed by atoms with Gasteiger partial charge in [-0.15, -0.1) is 5.10 Å². The summed E-state index contributed by atoms with van der Waals surface area (Å²) in [5.41, 5.74) is 8.66. The van der Waals surface area contributed by atoms with Crippen molar-refractivity contribution >= 4 is 17.5 Å². The first kappa shape index (κ1) is 14.4. The Morgan fingerprint density at radius 2 is 2.00 bits per heavy atom. The van der Waals surface area contributed by atoms with Crippen LogP contribution < -0.4 is 11.1 Å². The Kier molecular flexibility index (Phi) is 3.45. The number of para-hydroxylation sites is 1. The van der Waals surface area contributed by atoms with Crippen molar-refractivity contribution in [2.75, 3.05) is 17.6 Å². The Balaban J connectivity index is 1.70. The number of nitrogens with one attached hydrogen (secondary N) is 1. The molecule has 3 heterocycles. The number of rotatable bonds is 2. The molecular weight excluding hydrogens is 304 g/mol. The van der Waals surface area contributed by atoms with Gasteiger partial charge in [-0.1, -0.05) is 18.2 Å². The molecule has 0 radical (unpaired) electrons. The highest BCUT2D eigenvalue weighted by Crippen LogP contribution is 2.33. The monoisotopic (exact) mass is 320 g/mol. The SMILES string of the molecule is Nc1nc(-c2ccncc2)nn1C(=O)C1CCNc2ccccc21. The van der Waals surface area contributed by atoms with Crippen molar-refractivity contribution in [2.45, 2.75) is 12.3 Å². The van der Waals surface area contributed by atoms with Crippen LogP contribution in [0, 0.1) is 0 Å². The summed E-state index contributed by atoms with van der Waals surface area (Å²) >= 11 is 0. The Morgan fingerprint density at radius 1 is 1.21 bits per heavy atom. The van der Waals surface area contributed by atoms with Gasteiger partial charge >= 0.3 is 0 Å². The lowest BCUT2D eigenvalue weighted by Gasteiger charge is -2.25. The van der Waals surface area contributed by atoms with Crippen LogP contribution in [0.4, 0.5) is 11.6 Å². The van der Waals surface area contributed by atoms with Gasteiger partial charge in [0.15, 0.2) is 5.82 Å². The molecule has 7 nitrogen and oxygen atoms in total. The summed E-state index contributed by atoms with van der Waals surface area (Å²) in [6.07, 6.45) is 3.99. The Morgan fingerprint density at radius 3 is 2.83 bits per heavy atom. The third kappa shape index (κ3) is 2.40. The number of nitrogens with zero attached hydrogens (tertiary/aromatic N) is 4. The van der Waals surface area contributed by atoms with E-state index in [0.29, 0.717) is 12.2 Å². The van der Waals surface area contributed by atoms with Gasteiger partial charge in [0.25, 0.3) is 5.91 Å². The average Bonchev–Trinajstić information content (AvgIpc) is 3.03. The van der Waals surface area contributed by atoms with Crippen molar-refractivity contribution in [3.05, 3.63) is 54.4 Å². The largest absolute Gasteiger partial charge is 0.385 e. The maximum atomic E-state index is 13.0. The first-order valence-corrected chi connectivity index (χ1v) is 7.74. The summed E-state index contributed by atoms with van der Waals surface area (Å²) in [6.45, 7) is 0.735. The topological polar surface area (TPSA) is 98.7 Å². The highest BCUT2D eigenvalue weighted by molar-refractivity contribution is 5.89. The van der Waals surface area contributed by atoms with Gasteiger partial charge in [0, 0.05) is 30.2 Å². The van der Waals surface area contributed by atoms with Gasteiger partial charge in [-0.25, -0.2) is 0 Å². The van der Waals surface area contributed by atoms with E-state index in [0.717, 1.165) is 23.4 Å². The van der Waals surface area contributed by atoms with Crippen LogP contribution in [0.5, 0.6) is 0 Å². The summed E-state index contributed by atoms with van der Waals surface area (Å²) in [5, 5.41) is 7.62. The fourth-order valence-electron chi connectivity index (χ4n) is 2.98. The molecule has 0 aliphatic carbocycles. The highest BCUT2D eigenvalue weighted by Gasteiger charge is 2.29. The molecule has 1 aliphatic rings. The molecule has 2 aromatic heterocycles. The summed E-state index contributed by atoms with van der Waals surface area (Å²) in [7, 11) is 0. The van der Waals surface area contributed by atoms with Gasteiger partial charge in [0.05, 0.1) is 5.92 Å². The minimum atomic E-state index is -0.281. The number of anilines is 2. The number of benzene rings is 1. The van der Waals surface area contributed by atoms with Gasteiger partial charge in [0.2, 0.25) is 5.95 Å².